The predicted octanol–water partition coefficient (Wildman–Crippen LogP) is 1.79. The number of hydrogen-bond acceptors (Lipinski definition) is 5. The first-order valence-corrected chi connectivity index (χ1v) is 7.32. The van der Waals surface area contributed by atoms with Crippen LogP contribution in [0.2, 0.25) is 0 Å². The van der Waals surface area contributed by atoms with Crippen molar-refractivity contribution in [2.75, 3.05) is 38.6 Å². The Kier molecular flexibility index (Phi) is 6.24. The summed E-state index contributed by atoms with van der Waals surface area (Å²) in [6.07, 6.45) is -0.000298. The third-order valence-electron chi connectivity index (χ3n) is 2.55. The van der Waals surface area contributed by atoms with Crippen molar-refractivity contribution in [1.82, 2.24) is 9.88 Å². The number of anilines is 1. The Morgan fingerprint density at radius 2 is 2.11 bits per heavy atom. The lowest BCUT2D eigenvalue weighted by molar-refractivity contribution is -0.136. The van der Waals surface area contributed by atoms with E-state index < -0.39 is 5.97 Å². The topological polar surface area (TPSA) is 56.7 Å². The Bertz CT molecular complexity index is 404. The van der Waals surface area contributed by atoms with Crippen molar-refractivity contribution in [2.45, 2.75) is 20.3 Å². The number of carboxylic acids is 1. The first kappa shape index (κ1) is 15.9. The summed E-state index contributed by atoms with van der Waals surface area (Å²) in [5, 5.41) is 11.5. The van der Waals surface area contributed by atoms with Crippen LogP contribution >= 0.6 is 11.3 Å². The van der Waals surface area contributed by atoms with Gasteiger partial charge in [0.15, 0.2) is 5.13 Å². The van der Waals surface area contributed by atoms with Crippen molar-refractivity contribution in [3.63, 3.8) is 0 Å². The fraction of sp³-hybridized carbons (Fsp3) is 0.692. The van der Waals surface area contributed by atoms with E-state index in [1.807, 2.05) is 19.5 Å². The molecule has 0 saturated heterocycles. The Morgan fingerprint density at radius 1 is 1.42 bits per heavy atom. The van der Waals surface area contributed by atoms with Gasteiger partial charge in [0.2, 0.25) is 0 Å². The first-order valence-electron chi connectivity index (χ1n) is 6.44. The highest BCUT2D eigenvalue weighted by molar-refractivity contribution is 7.13. The normalized spacial score (nSPS) is 11.3. The second-order valence-corrected chi connectivity index (χ2v) is 6.17. The van der Waals surface area contributed by atoms with Gasteiger partial charge in [0, 0.05) is 25.0 Å². The number of nitrogens with zero attached hydrogens (tertiary/aromatic N) is 3. The number of hydrogen-bond donors (Lipinski definition) is 1. The smallest absolute Gasteiger partial charge is 0.309 e. The Labute approximate surface area is 118 Å². The summed E-state index contributed by atoms with van der Waals surface area (Å²) in [6, 6.07) is 0. The fourth-order valence-corrected chi connectivity index (χ4v) is 2.57. The minimum Gasteiger partial charge on any atom is -0.481 e. The zero-order chi connectivity index (χ0) is 14.4. The molecule has 0 aliphatic carbocycles. The Morgan fingerprint density at radius 3 is 2.63 bits per heavy atom. The van der Waals surface area contributed by atoms with Crippen molar-refractivity contribution >= 4 is 22.4 Å². The van der Waals surface area contributed by atoms with Crippen LogP contribution in [0.4, 0.5) is 5.13 Å². The number of carbonyl (C=O) groups is 1. The largest absolute Gasteiger partial charge is 0.481 e. The molecule has 0 fully saturated rings. The predicted molar refractivity (Wildman–Crippen MR) is 79.1 cm³/mol. The molecule has 1 aromatic heterocycles. The minimum absolute atomic E-state index is 0.000298. The average Bonchev–Trinajstić information content (AvgIpc) is 2.70. The molecule has 0 saturated carbocycles. The molecule has 1 N–H and O–H groups in total. The molecule has 1 heterocycles. The van der Waals surface area contributed by atoms with E-state index >= 15 is 0 Å². The van der Waals surface area contributed by atoms with E-state index in [1.165, 1.54) is 11.3 Å². The highest BCUT2D eigenvalue weighted by Crippen LogP contribution is 2.21. The van der Waals surface area contributed by atoms with Gasteiger partial charge in [-0.2, -0.15) is 0 Å². The summed E-state index contributed by atoms with van der Waals surface area (Å²) in [7, 11) is 4.09. The maximum atomic E-state index is 10.7. The summed E-state index contributed by atoms with van der Waals surface area (Å²) < 4.78 is 0. The SMILES string of the molecule is CC(C)CN(CCN(C)C)c1nc(CC(=O)O)cs1. The van der Waals surface area contributed by atoms with Gasteiger partial charge in [-0.15, -0.1) is 11.3 Å². The van der Waals surface area contributed by atoms with E-state index in [-0.39, 0.29) is 6.42 Å². The average molecular weight is 285 g/mol. The van der Waals surface area contributed by atoms with Crippen LogP contribution in [0.15, 0.2) is 5.38 Å². The molecular weight excluding hydrogens is 262 g/mol. The number of aliphatic carboxylic acids is 1. The molecule has 0 bridgehead atoms. The van der Waals surface area contributed by atoms with E-state index in [0.29, 0.717) is 11.6 Å². The molecule has 0 unspecified atom stereocenters. The second kappa shape index (κ2) is 7.45. The summed E-state index contributed by atoms with van der Waals surface area (Å²) in [4.78, 5) is 19.5. The quantitative estimate of drug-likeness (QED) is 0.789. The molecule has 5 nitrogen and oxygen atoms in total. The highest BCUT2D eigenvalue weighted by atomic mass is 32.1. The van der Waals surface area contributed by atoms with Crippen molar-refractivity contribution in [2.24, 2.45) is 5.92 Å². The summed E-state index contributed by atoms with van der Waals surface area (Å²) >= 11 is 1.53. The van der Waals surface area contributed by atoms with E-state index in [9.17, 15) is 4.79 Å². The summed E-state index contributed by atoms with van der Waals surface area (Å²) in [5.41, 5.74) is 0.645. The standard InChI is InChI=1S/C13H23N3O2S/c1-10(2)8-16(6-5-15(3)4)13-14-11(9-19-13)7-12(17)18/h9-10H,5-8H2,1-4H3,(H,17,18). The number of thiazole rings is 1. The molecule has 19 heavy (non-hydrogen) atoms. The van der Waals surface area contributed by atoms with Crippen LogP contribution < -0.4 is 4.90 Å². The van der Waals surface area contributed by atoms with Gasteiger partial charge < -0.3 is 14.9 Å². The van der Waals surface area contributed by atoms with E-state index in [0.717, 1.165) is 24.8 Å². The first-order chi connectivity index (χ1) is 8.88. The second-order valence-electron chi connectivity index (χ2n) is 5.34. The van der Waals surface area contributed by atoms with Gasteiger partial charge in [0.05, 0.1) is 12.1 Å². The van der Waals surface area contributed by atoms with Crippen LogP contribution in [0.1, 0.15) is 19.5 Å². The van der Waals surface area contributed by atoms with Crippen LogP contribution in [0.5, 0.6) is 0 Å². The van der Waals surface area contributed by atoms with Gasteiger partial charge in [0.1, 0.15) is 0 Å². The van der Waals surface area contributed by atoms with Gasteiger partial charge in [-0.3, -0.25) is 4.79 Å². The molecule has 1 aromatic rings. The molecule has 0 aromatic carbocycles. The number of likely N-dealkylation sites (N-methyl/N-ethyl adjacent to an activating group) is 1. The number of rotatable bonds is 8. The zero-order valence-electron chi connectivity index (χ0n) is 12.1. The van der Waals surface area contributed by atoms with Gasteiger partial charge in [-0.25, -0.2) is 4.98 Å². The number of carboxylic acid groups (broad SMARTS) is 1. The maximum Gasteiger partial charge on any atom is 0.309 e. The van der Waals surface area contributed by atoms with Gasteiger partial charge in [-0.1, -0.05) is 13.8 Å². The fourth-order valence-electron chi connectivity index (χ4n) is 1.70. The van der Waals surface area contributed by atoms with Gasteiger partial charge in [0.25, 0.3) is 0 Å². The molecule has 6 heteroatoms. The molecule has 0 atom stereocenters. The lowest BCUT2D eigenvalue weighted by Crippen LogP contribution is -2.34. The lowest BCUT2D eigenvalue weighted by Gasteiger charge is -2.25. The third-order valence-corrected chi connectivity index (χ3v) is 3.50. The van der Waals surface area contributed by atoms with Crippen LogP contribution in [0.3, 0.4) is 0 Å². The number of aromatic nitrogens is 1. The molecule has 0 spiro atoms. The van der Waals surface area contributed by atoms with Gasteiger partial charge in [-0.05, 0) is 20.0 Å². The summed E-state index contributed by atoms with van der Waals surface area (Å²) in [6.45, 7) is 7.16. The molecule has 1 rings (SSSR count). The Balaban J connectivity index is 2.72. The van der Waals surface area contributed by atoms with Crippen molar-refractivity contribution in [1.29, 1.82) is 0 Å². The molecule has 108 valence electrons. The van der Waals surface area contributed by atoms with Crippen LogP contribution in [0, 0.1) is 5.92 Å². The molecular formula is C13H23N3O2S. The van der Waals surface area contributed by atoms with E-state index in [4.69, 9.17) is 5.11 Å². The molecule has 0 radical (unpaired) electrons. The van der Waals surface area contributed by atoms with E-state index in [2.05, 4.69) is 28.6 Å². The van der Waals surface area contributed by atoms with E-state index in [1.54, 1.807) is 0 Å². The van der Waals surface area contributed by atoms with Crippen molar-refractivity contribution in [3.05, 3.63) is 11.1 Å². The van der Waals surface area contributed by atoms with Gasteiger partial charge >= 0.3 is 5.97 Å². The van der Waals surface area contributed by atoms with Crippen LogP contribution in [-0.2, 0) is 11.2 Å². The van der Waals surface area contributed by atoms with Crippen LogP contribution in [-0.4, -0.2) is 54.7 Å². The minimum atomic E-state index is -0.833. The Hall–Kier alpha value is -1.14. The van der Waals surface area contributed by atoms with Crippen molar-refractivity contribution < 1.29 is 9.90 Å². The summed E-state index contributed by atoms with van der Waals surface area (Å²) in [5.74, 6) is -0.283. The third kappa shape index (κ3) is 6.02. The van der Waals surface area contributed by atoms with Crippen LogP contribution in [0.25, 0.3) is 0 Å². The molecule has 0 aliphatic rings. The highest BCUT2D eigenvalue weighted by Gasteiger charge is 2.14. The van der Waals surface area contributed by atoms with Crippen molar-refractivity contribution in [3.8, 4) is 0 Å². The molecule has 0 amide bonds. The maximum absolute atomic E-state index is 10.7. The monoisotopic (exact) mass is 285 g/mol. The molecule has 0 aliphatic heterocycles. The zero-order valence-corrected chi connectivity index (χ0v) is 12.9. The lowest BCUT2D eigenvalue weighted by atomic mass is 10.2.